The number of anilines is 1. The average molecular weight is 284 g/mol. The quantitative estimate of drug-likeness (QED) is 0.743. The molecule has 104 valence electrons. The number of hydrogen-bond donors (Lipinski definition) is 3. The summed E-state index contributed by atoms with van der Waals surface area (Å²) in [6.07, 6.45) is 5.49. The van der Waals surface area contributed by atoms with Crippen molar-refractivity contribution in [3.8, 4) is 0 Å². The van der Waals surface area contributed by atoms with E-state index >= 15 is 0 Å². The minimum atomic E-state index is -0.474. The third-order valence-corrected chi connectivity index (χ3v) is 3.72. The van der Waals surface area contributed by atoms with Gasteiger partial charge in [-0.2, -0.15) is 0 Å². The number of aliphatic hydroxyl groups is 1. The average Bonchev–Trinajstić information content (AvgIpc) is 2.93. The fraction of sp³-hybridized carbons (Fsp3) is 0.538. The Morgan fingerprint density at radius 1 is 1.53 bits per heavy atom. The second kappa shape index (κ2) is 6.73. The summed E-state index contributed by atoms with van der Waals surface area (Å²) >= 11 is 5.83. The summed E-state index contributed by atoms with van der Waals surface area (Å²) in [6.45, 7) is 0.258. The van der Waals surface area contributed by atoms with Crippen LogP contribution in [0.3, 0.4) is 0 Å². The zero-order valence-corrected chi connectivity index (χ0v) is 11.4. The highest BCUT2D eigenvalue weighted by Crippen LogP contribution is 2.27. The molecule has 1 aromatic rings. The number of amides is 2. The van der Waals surface area contributed by atoms with Crippen LogP contribution in [-0.2, 0) is 0 Å². The first-order chi connectivity index (χ1) is 9.16. The van der Waals surface area contributed by atoms with E-state index in [1.165, 1.54) is 12.8 Å². The van der Waals surface area contributed by atoms with Crippen molar-refractivity contribution in [1.29, 1.82) is 0 Å². The Balaban J connectivity index is 1.77. The molecular weight excluding hydrogens is 266 g/mol. The van der Waals surface area contributed by atoms with Gasteiger partial charge < -0.3 is 15.7 Å². The molecule has 6 heteroatoms. The lowest BCUT2D eigenvalue weighted by molar-refractivity contribution is 0.111. The number of hydrogen-bond acceptors (Lipinski definition) is 3. The van der Waals surface area contributed by atoms with Crippen LogP contribution in [0.1, 0.15) is 25.7 Å². The maximum Gasteiger partial charge on any atom is 0.319 e. The van der Waals surface area contributed by atoms with E-state index in [4.69, 9.17) is 11.6 Å². The first-order valence-corrected chi connectivity index (χ1v) is 6.88. The number of halogens is 1. The first kappa shape index (κ1) is 14.1. The van der Waals surface area contributed by atoms with E-state index in [0.717, 1.165) is 12.8 Å². The second-order valence-corrected chi connectivity index (χ2v) is 5.15. The summed E-state index contributed by atoms with van der Waals surface area (Å²) in [4.78, 5) is 15.5. The van der Waals surface area contributed by atoms with Gasteiger partial charge in [0.15, 0.2) is 5.15 Å². The number of rotatable bonds is 4. The fourth-order valence-electron chi connectivity index (χ4n) is 2.35. The SMILES string of the molecule is O=C(NCC(O)C1CCCC1)Nc1cccnc1Cl. The smallest absolute Gasteiger partial charge is 0.319 e. The highest BCUT2D eigenvalue weighted by Gasteiger charge is 2.23. The Kier molecular flexibility index (Phi) is 4.99. The summed E-state index contributed by atoms with van der Waals surface area (Å²) in [7, 11) is 0. The van der Waals surface area contributed by atoms with Crippen LogP contribution < -0.4 is 10.6 Å². The van der Waals surface area contributed by atoms with Gasteiger partial charge in [-0.1, -0.05) is 24.4 Å². The molecule has 0 radical (unpaired) electrons. The Morgan fingerprint density at radius 2 is 2.26 bits per heavy atom. The van der Waals surface area contributed by atoms with Crippen LogP contribution in [0.15, 0.2) is 18.3 Å². The molecule has 1 aliphatic carbocycles. The number of nitrogens with one attached hydrogen (secondary N) is 2. The van der Waals surface area contributed by atoms with E-state index in [1.54, 1.807) is 18.3 Å². The maximum absolute atomic E-state index is 11.7. The number of urea groups is 1. The van der Waals surface area contributed by atoms with Gasteiger partial charge in [0.1, 0.15) is 0 Å². The number of aromatic nitrogens is 1. The van der Waals surface area contributed by atoms with Crippen LogP contribution in [0.5, 0.6) is 0 Å². The van der Waals surface area contributed by atoms with Crippen molar-refractivity contribution < 1.29 is 9.90 Å². The van der Waals surface area contributed by atoms with Crippen LogP contribution in [0.4, 0.5) is 10.5 Å². The maximum atomic E-state index is 11.7. The molecular formula is C13H18ClN3O2. The van der Waals surface area contributed by atoms with Gasteiger partial charge in [-0.3, -0.25) is 0 Å². The van der Waals surface area contributed by atoms with Crippen molar-refractivity contribution in [3.05, 3.63) is 23.5 Å². The van der Waals surface area contributed by atoms with Gasteiger partial charge in [-0.05, 0) is 30.9 Å². The normalized spacial score (nSPS) is 17.2. The van der Waals surface area contributed by atoms with Crippen molar-refractivity contribution in [1.82, 2.24) is 10.3 Å². The zero-order valence-electron chi connectivity index (χ0n) is 10.6. The molecule has 1 saturated carbocycles. The summed E-state index contributed by atoms with van der Waals surface area (Å²) in [5.41, 5.74) is 0.456. The van der Waals surface area contributed by atoms with E-state index in [9.17, 15) is 9.90 Å². The van der Waals surface area contributed by atoms with Crippen LogP contribution in [0, 0.1) is 5.92 Å². The van der Waals surface area contributed by atoms with Gasteiger partial charge in [0, 0.05) is 12.7 Å². The Bertz CT molecular complexity index is 436. The van der Waals surface area contributed by atoms with Crippen LogP contribution >= 0.6 is 11.6 Å². The Hall–Kier alpha value is -1.33. The molecule has 1 atom stereocenters. The molecule has 1 unspecified atom stereocenters. The fourth-order valence-corrected chi connectivity index (χ4v) is 2.52. The van der Waals surface area contributed by atoms with E-state index in [1.807, 2.05) is 0 Å². The molecule has 1 aliphatic rings. The minimum absolute atomic E-state index is 0.244. The molecule has 0 spiro atoms. The van der Waals surface area contributed by atoms with Gasteiger partial charge in [0.05, 0.1) is 11.8 Å². The Labute approximate surface area is 117 Å². The molecule has 2 amide bonds. The number of aliphatic hydroxyl groups excluding tert-OH is 1. The van der Waals surface area contributed by atoms with Crippen LogP contribution in [0.2, 0.25) is 5.15 Å². The Morgan fingerprint density at radius 3 is 2.95 bits per heavy atom. The number of nitrogens with zero attached hydrogens (tertiary/aromatic N) is 1. The lowest BCUT2D eigenvalue weighted by Crippen LogP contribution is -2.38. The van der Waals surface area contributed by atoms with E-state index < -0.39 is 6.10 Å². The molecule has 3 N–H and O–H groups in total. The summed E-state index contributed by atoms with van der Waals surface area (Å²) < 4.78 is 0. The van der Waals surface area contributed by atoms with Crippen molar-refractivity contribution in [3.63, 3.8) is 0 Å². The first-order valence-electron chi connectivity index (χ1n) is 6.50. The molecule has 0 aliphatic heterocycles. The monoisotopic (exact) mass is 283 g/mol. The summed E-state index contributed by atoms with van der Waals surface area (Å²) in [5.74, 6) is 0.308. The zero-order chi connectivity index (χ0) is 13.7. The molecule has 0 aromatic carbocycles. The predicted molar refractivity (Wildman–Crippen MR) is 74.2 cm³/mol. The van der Waals surface area contributed by atoms with Crippen molar-refractivity contribution in [2.45, 2.75) is 31.8 Å². The van der Waals surface area contributed by atoms with Crippen molar-refractivity contribution in [2.24, 2.45) is 5.92 Å². The topological polar surface area (TPSA) is 74.2 Å². The van der Waals surface area contributed by atoms with Gasteiger partial charge in [0.2, 0.25) is 0 Å². The van der Waals surface area contributed by atoms with Gasteiger partial charge in [-0.15, -0.1) is 0 Å². The molecule has 5 nitrogen and oxygen atoms in total. The van der Waals surface area contributed by atoms with Gasteiger partial charge in [-0.25, -0.2) is 9.78 Å². The molecule has 0 saturated heterocycles. The largest absolute Gasteiger partial charge is 0.391 e. The third-order valence-electron chi connectivity index (χ3n) is 3.42. The molecule has 1 fully saturated rings. The van der Waals surface area contributed by atoms with Crippen LogP contribution in [0.25, 0.3) is 0 Å². The second-order valence-electron chi connectivity index (χ2n) is 4.79. The molecule has 19 heavy (non-hydrogen) atoms. The van der Waals surface area contributed by atoms with Gasteiger partial charge >= 0.3 is 6.03 Å². The summed E-state index contributed by atoms with van der Waals surface area (Å²) in [6, 6.07) is 2.98. The third kappa shape index (κ3) is 4.08. The highest BCUT2D eigenvalue weighted by atomic mass is 35.5. The van der Waals surface area contributed by atoms with Crippen LogP contribution in [-0.4, -0.2) is 28.8 Å². The van der Waals surface area contributed by atoms with E-state index in [0.29, 0.717) is 11.6 Å². The number of pyridine rings is 1. The molecule has 1 aromatic heterocycles. The van der Waals surface area contributed by atoms with Crippen molar-refractivity contribution >= 4 is 23.3 Å². The highest BCUT2D eigenvalue weighted by molar-refractivity contribution is 6.32. The lowest BCUT2D eigenvalue weighted by Gasteiger charge is -2.18. The van der Waals surface area contributed by atoms with Crippen molar-refractivity contribution in [2.75, 3.05) is 11.9 Å². The molecule has 1 heterocycles. The number of carbonyl (C=O) groups excluding carboxylic acids is 1. The number of carbonyl (C=O) groups is 1. The standard InChI is InChI=1S/C13H18ClN3O2/c14-12-10(6-3-7-15-12)17-13(19)16-8-11(18)9-4-1-2-5-9/h3,6-7,9,11,18H,1-2,4-5,8H2,(H2,16,17,19). The molecule has 2 rings (SSSR count). The summed E-state index contributed by atoms with van der Waals surface area (Å²) in [5, 5.41) is 15.4. The predicted octanol–water partition coefficient (Wildman–Crippen LogP) is 2.41. The van der Waals surface area contributed by atoms with E-state index in [-0.39, 0.29) is 17.7 Å². The molecule has 0 bridgehead atoms. The minimum Gasteiger partial charge on any atom is -0.391 e. The van der Waals surface area contributed by atoms with Gasteiger partial charge in [0.25, 0.3) is 0 Å². The van der Waals surface area contributed by atoms with E-state index in [2.05, 4.69) is 15.6 Å². The lowest BCUT2D eigenvalue weighted by atomic mass is 10.0.